The molecule has 0 atom stereocenters. The summed E-state index contributed by atoms with van der Waals surface area (Å²) in [5, 5.41) is 8.37. The van der Waals surface area contributed by atoms with Crippen molar-refractivity contribution in [1.29, 1.82) is 0 Å². The van der Waals surface area contributed by atoms with Gasteiger partial charge in [-0.1, -0.05) is 51.1 Å². The number of benzene rings is 1. The molecule has 0 unspecified atom stereocenters. The van der Waals surface area contributed by atoms with Crippen LogP contribution in [0.3, 0.4) is 0 Å². The number of nitrogens with zero attached hydrogens (tertiary/aromatic N) is 1. The first-order valence-electron chi connectivity index (χ1n) is 6.12. The van der Waals surface area contributed by atoms with Gasteiger partial charge in [-0.3, -0.25) is 4.79 Å². The molecule has 1 rings (SSSR count). The topological polar surface area (TPSA) is 40.5 Å². The number of carbonyl (C=O) groups is 1. The molecule has 3 nitrogen and oxygen atoms in total. The van der Waals surface area contributed by atoms with Crippen LogP contribution in [0.15, 0.2) is 30.3 Å². The van der Waals surface area contributed by atoms with Crippen molar-refractivity contribution in [1.82, 2.24) is 4.90 Å². The molecule has 0 aromatic heterocycles. The van der Waals surface area contributed by atoms with E-state index in [9.17, 15) is 4.79 Å². The van der Waals surface area contributed by atoms with E-state index >= 15 is 0 Å². The monoisotopic (exact) mass is 271 g/mol. The summed E-state index contributed by atoms with van der Waals surface area (Å²) in [6.45, 7) is 10.1. The molecule has 0 amide bonds. The van der Waals surface area contributed by atoms with Crippen LogP contribution in [0.5, 0.6) is 0 Å². The average molecular weight is 271 g/mol. The quantitative estimate of drug-likeness (QED) is 0.895. The van der Waals surface area contributed by atoms with Crippen LogP contribution in [0.4, 0.5) is 0 Å². The Morgan fingerprint density at radius 1 is 1.06 bits per heavy atom. The molecule has 0 saturated heterocycles. The molecule has 0 saturated carbocycles. The number of hydrogen-bond donors (Lipinski definition) is 1. The van der Waals surface area contributed by atoms with Gasteiger partial charge >= 0.3 is 5.97 Å². The fraction of sp³-hybridized carbons (Fsp3) is 0.500. The highest BCUT2D eigenvalue weighted by atomic mass is 32.1. The molecule has 0 fully saturated rings. The second kappa shape index (κ2) is 12.5. The Morgan fingerprint density at radius 2 is 1.50 bits per heavy atom. The SMILES string of the molecule is CCN(CC)CC.O=C(O)Cc1ccccc1.S. The second-order valence-electron chi connectivity index (χ2n) is 3.68. The average Bonchev–Trinajstić information content (AvgIpc) is 2.32. The number of aliphatic carboxylic acids is 1. The number of rotatable bonds is 5. The van der Waals surface area contributed by atoms with E-state index in [0.29, 0.717) is 0 Å². The van der Waals surface area contributed by atoms with Crippen molar-refractivity contribution in [2.75, 3.05) is 19.6 Å². The molecule has 4 heteroatoms. The number of hydrogen-bond acceptors (Lipinski definition) is 2. The zero-order chi connectivity index (χ0) is 13.1. The maximum absolute atomic E-state index is 10.2. The normalized spacial score (nSPS) is 9.11. The van der Waals surface area contributed by atoms with Crippen molar-refractivity contribution in [2.45, 2.75) is 27.2 Å². The van der Waals surface area contributed by atoms with Crippen molar-refractivity contribution in [3.8, 4) is 0 Å². The molecule has 0 radical (unpaired) electrons. The van der Waals surface area contributed by atoms with E-state index in [2.05, 4.69) is 25.7 Å². The minimum absolute atomic E-state index is 0. The lowest BCUT2D eigenvalue weighted by Gasteiger charge is -2.13. The third-order valence-corrected chi connectivity index (χ3v) is 2.54. The summed E-state index contributed by atoms with van der Waals surface area (Å²) in [5.41, 5.74) is 0.843. The first kappa shape index (κ1) is 19.3. The standard InChI is InChI=1S/C8H8O2.C6H15N.H2S/c9-8(10)6-7-4-2-1-3-5-7;1-4-7(5-2)6-3;/h1-5H,6H2,(H,9,10);4-6H2,1-3H3;1H2. The van der Waals surface area contributed by atoms with Crippen molar-refractivity contribution in [3.05, 3.63) is 35.9 Å². The molecule has 1 N–H and O–H groups in total. The minimum Gasteiger partial charge on any atom is -0.481 e. The Morgan fingerprint density at radius 3 is 1.78 bits per heavy atom. The van der Waals surface area contributed by atoms with E-state index < -0.39 is 5.97 Å². The summed E-state index contributed by atoms with van der Waals surface area (Å²) in [7, 11) is 0. The Balaban J connectivity index is 0. The van der Waals surface area contributed by atoms with Crippen LogP contribution < -0.4 is 0 Å². The zero-order valence-corrected chi connectivity index (χ0v) is 12.5. The van der Waals surface area contributed by atoms with E-state index in [1.165, 1.54) is 19.6 Å². The van der Waals surface area contributed by atoms with Gasteiger partial charge in [-0.2, -0.15) is 13.5 Å². The van der Waals surface area contributed by atoms with Crippen LogP contribution in [0.25, 0.3) is 0 Å². The molecule has 0 bridgehead atoms. The van der Waals surface area contributed by atoms with Crippen LogP contribution in [-0.4, -0.2) is 35.6 Å². The number of carboxylic acid groups (broad SMARTS) is 1. The third kappa shape index (κ3) is 10.2. The van der Waals surface area contributed by atoms with E-state index in [-0.39, 0.29) is 19.9 Å². The van der Waals surface area contributed by atoms with Crippen LogP contribution in [0.2, 0.25) is 0 Å². The lowest BCUT2D eigenvalue weighted by Crippen LogP contribution is -2.21. The lowest BCUT2D eigenvalue weighted by molar-refractivity contribution is -0.136. The third-order valence-electron chi connectivity index (χ3n) is 2.54. The molecule has 0 aliphatic rings. The maximum atomic E-state index is 10.2. The zero-order valence-electron chi connectivity index (χ0n) is 11.5. The smallest absolute Gasteiger partial charge is 0.307 e. The molecule has 104 valence electrons. The molecule has 1 aromatic rings. The van der Waals surface area contributed by atoms with Gasteiger partial charge < -0.3 is 10.0 Å². The second-order valence-corrected chi connectivity index (χ2v) is 3.68. The van der Waals surface area contributed by atoms with Crippen LogP contribution in [-0.2, 0) is 11.2 Å². The predicted molar refractivity (Wildman–Crippen MR) is 81.6 cm³/mol. The van der Waals surface area contributed by atoms with E-state index in [0.717, 1.165) is 5.56 Å². The molecular weight excluding hydrogens is 246 g/mol. The van der Waals surface area contributed by atoms with Crippen LogP contribution >= 0.6 is 13.5 Å². The van der Waals surface area contributed by atoms with Crippen molar-refractivity contribution in [2.24, 2.45) is 0 Å². The summed E-state index contributed by atoms with van der Waals surface area (Å²) < 4.78 is 0. The van der Waals surface area contributed by atoms with E-state index in [1.807, 2.05) is 18.2 Å². The van der Waals surface area contributed by atoms with Gasteiger partial charge in [0.2, 0.25) is 0 Å². The number of carboxylic acids is 1. The van der Waals surface area contributed by atoms with Gasteiger partial charge in [0.15, 0.2) is 0 Å². The highest BCUT2D eigenvalue weighted by Gasteiger charge is 1.96. The summed E-state index contributed by atoms with van der Waals surface area (Å²) in [6, 6.07) is 9.13. The van der Waals surface area contributed by atoms with Gasteiger partial charge in [0.05, 0.1) is 6.42 Å². The molecule has 0 heterocycles. The Hall–Kier alpha value is -1.00. The van der Waals surface area contributed by atoms with Crippen LogP contribution in [0.1, 0.15) is 26.3 Å². The van der Waals surface area contributed by atoms with Crippen molar-refractivity contribution >= 4 is 19.5 Å². The summed E-state index contributed by atoms with van der Waals surface area (Å²) in [4.78, 5) is 12.5. The minimum atomic E-state index is -0.786. The Labute approximate surface area is 117 Å². The van der Waals surface area contributed by atoms with E-state index in [1.54, 1.807) is 12.1 Å². The highest BCUT2D eigenvalue weighted by molar-refractivity contribution is 7.59. The van der Waals surface area contributed by atoms with Gasteiger partial charge in [-0.25, -0.2) is 0 Å². The molecular formula is C14H25NO2S. The van der Waals surface area contributed by atoms with Crippen LogP contribution in [0, 0.1) is 0 Å². The first-order valence-corrected chi connectivity index (χ1v) is 6.12. The first-order chi connectivity index (χ1) is 8.13. The molecule has 1 aromatic carbocycles. The van der Waals surface area contributed by atoms with E-state index in [4.69, 9.17) is 5.11 Å². The molecule has 0 spiro atoms. The van der Waals surface area contributed by atoms with Gasteiger partial charge in [-0.05, 0) is 25.2 Å². The Bertz CT molecular complexity index is 294. The van der Waals surface area contributed by atoms with Crippen molar-refractivity contribution < 1.29 is 9.90 Å². The highest BCUT2D eigenvalue weighted by Crippen LogP contribution is 1.98. The fourth-order valence-electron chi connectivity index (χ4n) is 1.44. The summed E-state index contributed by atoms with van der Waals surface area (Å²) >= 11 is 0. The van der Waals surface area contributed by atoms with Gasteiger partial charge in [-0.15, -0.1) is 0 Å². The molecule has 18 heavy (non-hydrogen) atoms. The summed E-state index contributed by atoms with van der Waals surface area (Å²) in [6.07, 6.45) is 0.112. The predicted octanol–water partition coefficient (Wildman–Crippen LogP) is 2.77. The fourth-order valence-corrected chi connectivity index (χ4v) is 1.44. The molecule has 0 aliphatic heterocycles. The van der Waals surface area contributed by atoms with Gasteiger partial charge in [0.25, 0.3) is 0 Å². The largest absolute Gasteiger partial charge is 0.481 e. The van der Waals surface area contributed by atoms with Gasteiger partial charge in [0, 0.05) is 0 Å². The summed E-state index contributed by atoms with van der Waals surface area (Å²) in [5.74, 6) is -0.786. The lowest BCUT2D eigenvalue weighted by atomic mass is 10.2. The maximum Gasteiger partial charge on any atom is 0.307 e. The van der Waals surface area contributed by atoms with Gasteiger partial charge in [0.1, 0.15) is 0 Å². The Kier molecular flexibility index (Phi) is 13.4. The molecule has 0 aliphatic carbocycles. The van der Waals surface area contributed by atoms with Crippen molar-refractivity contribution in [3.63, 3.8) is 0 Å².